The van der Waals surface area contributed by atoms with Gasteiger partial charge in [0.1, 0.15) is 4.90 Å². The number of nitrogens with two attached hydrogens (primary N) is 1. The number of anilines is 1. The summed E-state index contributed by atoms with van der Waals surface area (Å²) in [5.41, 5.74) is 2.52. The largest absolute Gasteiger partial charge is 0.292 e. The van der Waals surface area contributed by atoms with Gasteiger partial charge in [-0.1, -0.05) is 20.3 Å². The maximum atomic E-state index is 12.5. The topological polar surface area (TPSA) is 101 Å². The Kier molecular flexibility index (Phi) is 4.26. The lowest BCUT2D eigenvalue weighted by Gasteiger charge is -2.38. The highest BCUT2D eigenvalue weighted by Crippen LogP contribution is 2.35. The highest BCUT2D eigenvalue weighted by atomic mass is 32.2. The fraction of sp³-hybridized carbons (Fsp3) is 0.667. The van der Waals surface area contributed by atoms with E-state index in [4.69, 9.17) is 5.84 Å². The predicted molar refractivity (Wildman–Crippen MR) is 76.2 cm³/mol. The Morgan fingerprint density at radius 1 is 1.35 bits per heavy atom. The molecule has 2 heterocycles. The molecule has 1 saturated heterocycles. The number of hydrazine groups is 1. The summed E-state index contributed by atoms with van der Waals surface area (Å²) in [6.45, 7) is 5.45. The Balaban J connectivity index is 2.15. The lowest BCUT2D eigenvalue weighted by atomic mass is 9.79. The van der Waals surface area contributed by atoms with Crippen molar-refractivity contribution in [2.75, 3.05) is 18.5 Å². The van der Waals surface area contributed by atoms with E-state index in [1.54, 1.807) is 0 Å². The zero-order valence-corrected chi connectivity index (χ0v) is 12.7. The summed E-state index contributed by atoms with van der Waals surface area (Å²) in [4.78, 5) is 7.81. The van der Waals surface area contributed by atoms with Crippen molar-refractivity contribution in [2.45, 2.75) is 38.0 Å². The molecule has 1 fully saturated rings. The fourth-order valence-electron chi connectivity index (χ4n) is 2.29. The Morgan fingerprint density at radius 3 is 2.35 bits per heavy atom. The minimum Gasteiger partial charge on any atom is -0.292 e. The van der Waals surface area contributed by atoms with E-state index in [1.807, 2.05) is 0 Å². The first-order chi connectivity index (χ1) is 9.41. The standard InChI is InChI=1S/C12H21N5O2S/c1-3-12(2)4-6-17(7-5-12)20(18,19)10-8-14-11(16-13)15-9-10/h8-9H,3-7,13H2,1-2H3,(H,14,15,16). The number of aromatic nitrogens is 2. The first-order valence-electron chi connectivity index (χ1n) is 6.70. The van der Waals surface area contributed by atoms with E-state index in [2.05, 4.69) is 29.2 Å². The van der Waals surface area contributed by atoms with Gasteiger partial charge in [0.15, 0.2) is 0 Å². The van der Waals surface area contributed by atoms with Crippen LogP contribution in [0.5, 0.6) is 0 Å². The second kappa shape index (κ2) is 5.63. The van der Waals surface area contributed by atoms with E-state index in [0.717, 1.165) is 19.3 Å². The SMILES string of the molecule is CCC1(C)CCN(S(=O)(=O)c2cnc(NN)nc2)CC1. The van der Waals surface area contributed by atoms with Crippen LogP contribution in [0.3, 0.4) is 0 Å². The first kappa shape index (κ1) is 15.1. The van der Waals surface area contributed by atoms with E-state index in [1.165, 1.54) is 16.7 Å². The normalized spacial score (nSPS) is 19.8. The van der Waals surface area contributed by atoms with Crippen molar-refractivity contribution in [3.05, 3.63) is 12.4 Å². The van der Waals surface area contributed by atoms with Crippen molar-refractivity contribution >= 4 is 16.0 Å². The molecule has 0 aromatic carbocycles. The van der Waals surface area contributed by atoms with E-state index in [-0.39, 0.29) is 16.3 Å². The van der Waals surface area contributed by atoms with Gasteiger partial charge in [-0.3, -0.25) is 5.43 Å². The van der Waals surface area contributed by atoms with Crippen molar-refractivity contribution in [2.24, 2.45) is 11.3 Å². The molecule has 0 spiro atoms. The molecule has 3 N–H and O–H groups in total. The van der Waals surface area contributed by atoms with Gasteiger partial charge in [-0.05, 0) is 18.3 Å². The molecule has 1 aromatic rings. The molecule has 0 atom stereocenters. The van der Waals surface area contributed by atoms with Crippen LogP contribution >= 0.6 is 0 Å². The van der Waals surface area contributed by atoms with Crippen LogP contribution in [0.4, 0.5) is 5.95 Å². The van der Waals surface area contributed by atoms with Crippen LogP contribution in [0.2, 0.25) is 0 Å². The van der Waals surface area contributed by atoms with Gasteiger partial charge in [-0.15, -0.1) is 0 Å². The van der Waals surface area contributed by atoms with Gasteiger partial charge in [0.25, 0.3) is 0 Å². The molecule has 1 aliphatic rings. The maximum absolute atomic E-state index is 12.5. The third-order valence-electron chi connectivity index (χ3n) is 4.18. The molecule has 7 nitrogen and oxygen atoms in total. The zero-order valence-electron chi connectivity index (χ0n) is 11.8. The number of rotatable bonds is 4. The summed E-state index contributed by atoms with van der Waals surface area (Å²) < 4.78 is 26.5. The van der Waals surface area contributed by atoms with Gasteiger partial charge in [0.05, 0.1) is 12.4 Å². The Labute approximate surface area is 119 Å². The molecule has 8 heteroatoms. The van der Waals surface area contributed by atoms with Gasteiger partial charge in [-0.2, -0.15) is 4.31 Å². The van der Waals surface area contributed by atoms with E-state index >= 15 is 0 Å². The summed E-state index contributed by atoms with van der Waals surface area (Å²) in [6.07, 6.45) is 5.40. The van der Waals surface area contributed by atoms with Crippen molar-refractivity contribution in [3.63, 3.8) is 0 Å². The number of piperidine rings is 1. The van der Waals surface area contributed by atoms with Crippen molar-refractivity contribution in [1.82, 2.24) is 14.3 Å². The second-order valence-electron chi connectivity index (χ2n) is 5.46. The third kappa shape index (κ3) is 2.92. The molecule has 112 valence electrons. The molecule has 0 bridgehead atoms. The molecular formula is C12H21N5O2S. The van der Waals surface area contributed by atoms with Gasteiger partial charge in [0.2, 0.25) is 16.0 Å². The molecule has 2 rings (SSSR count). The molecular weight excluding hydrogens is 278 g/mol. The van der Waals surface area contributed by atoms with Crippen LogP contribution in [0.1, 0.15) is 33.1 Å². The average molecular weight is 299 g/mol. The highest BCUT2D eigenvalue weighted by molar-refractivity contribution is 7.89. The number of nitrogens with one attached hydrogen (secondary N) is 1. The molecule has 20 heavy (non-hydrogen) atoms. The summed E-state index contributed by atoms with van der Waals surface area (Å²) in [7, 11) is -3.51. The van der Waals surface area contributed by atoms with Crippen LogP contribution in [-0.2, 0) is 10.0 Å². The Hall–Kier alpha value is -1.25. The molecule has 0 aliphatic carbocycles. The van der Waals surface area contributed by atoms with E-state index in [9.17, 15) is 8.42 Å². The van der Waals surface area contributed by atoms with Crippen LogP contribution in [0.15, 0.2) is 17.3 Å². The lowest BCUT2D eigenvalue weighted by molar-refractivity contribution is 0.169. The van der Waals surface area contributed by atoms with E-state index in [0.29, 0.717) is 13.1 Å². The fourth-order valence-corrected chi connectivity index (χ4v) is 3.63. The second-order valence-corrected chi connectivity index (χ2v) is 7.39. The van der Waals surface area contributed by atoms with E-state index < -0.39 is 10.0 Å². The minimum atomic E-state index is -3.51. The van der Waals surface area contributed by atoms with Crippen LogP contribution in [-0.4, -0.2) is 35.8 Å². The lowest BCUT2D eigenvalue weighted by Crippen LogP contribution is -2.41. The van der Waals surface area contributed by atoms with Gasteiger partial charge in [0, 0.05) is 13.1 Å². The Morgan fingerprint density at radius 2 is 1.90 bits per heavy atom. The Bertz CT molecular complexity index is 550. The average Bonchev–Trinajstić information content (AvgIpc) is 2.48. The maximum Gasteiger partial charge on any atom is 0.246 e. The predicted octanol–water partition coefficient (Wildman–Crippen LogP) is 0.963. The van der Waals surface area contributed by atoms with Crippen LogP contribution in [0, 0.1) is 5.41 Å². The summed E-state index contributed by atoms with van der Waals surface area (Å²) in [6, 6.07) is 0. The highest BCUT2D eigenvalue weighted by Gasteiger charge is 2.34. The van der Waals surface area contributed by atoms with Crippen LogP contribution in [0.25, 0.3) is 0 Å². The van der Waals surface area contributed by atoms with Gasteiger partial charge >= 0.3 is 0 Å². The zero-order chi connectivity index (χ0) is 14.8. The summed E-state index contributed by atoms with van der Waals surface area (Å²) in [5.74, 6) is 5.36. The first-order valence-corrected chi connectivity index (χ1v) is 8.14. The summed E-state index contributed by atoms with van der Waals surface area (Å²) in [5, 5.41) is 0. The van der Waals surface area contributed by atoms with Crippen molar-refractivity contribution in [1.29, 1.82) is 0 Å². The molecule has 0 saturated carbocycles. The smallest absolute Gasteiger partial charge is 0.246 e. The number of hydrogen-bond donors (Lipinski definition) is 2. The minimum absolute atomic E-state index is 0.108. The monoisotopic (exact) mass is 299 g/mol. The number of nitrogens with zero attached hydrogens (tertiary/aromatic N) is 3. The van der Waals surface area contributed by atoms with Gasteiger partial charge < -0.3 is 0 Å². The quantitative estimate of drug-likeness (QED) is 0.634. The van der Waals surface area contributed by atoms with Crippen molar-refractivity contribution in [3.8, 4) is 0 Å². The molecule has 1 aliphatic heterocycles. The van der Waals surface area contributed by atoms with Crippen molar-refractivity contribution < 1.29 is 8.42 Å². The number of sulfonamides is 1. The van der Waals surface area contributed by atoms with Crippen LogP contribution < -0.4 is 11.3 Å². The number of nitrogen functional groups attached to an aromatic ring is 1. The third-order valence-corrected chi connectivity index (χ3v) is 6.03. The summed E-state index contributed by atoms with van der Waals surface area (Å²) >= 11 is 0. The van der Waals surface area contributed by atoms with Gasteiger partial charge in [-0.25, -0.2) is 24.2 Å². The molecule has 0 unspecified atom stereocenters. The molecule has 0 amide bonds. The number of hydrogen-bond acceptors (Lipinski definition) is 6. The molecule has 1 aromatic heterocycles. The molecule has 0 radical (unpaired) electrons.